The van der Waals surface area contributed by atoms with E-state index in [2.05, 4.69) is 10.6 Å². The molecule has 0 amide bonds. The van der Waals surface area contributed by atoms with Crippen molar-refractivity contribution in [2.75, 3.05) is 36.2 Å². The molecular formula is C16H24N4. The zero-order valence-electron chi connectivity index (χ0n) is 12.6. The van der Waals surface area contributed by atoms with Crippen molar-refractivity contribution < 1.29 is 0 Å². The van der Waals surface area contributed by atoms with Gasteiger partial charge in [0.05, 0.1) is 11.4 Å². The summed E-state index contributed by atoms with van der Waals surface area (Å²) in [4.78, 5) is 0. The van der Waals surface area contributed by atoms with E-state index in [1.807, 2.05) is 64.3 Å². The molecule has 0 radical (unpaired) electrons. The summed E-state index contributed by atoms with van der Waals surface area (Å²) >= 11 is 0. The van der Waals surface area contributed by atoms with Gasteiger partial charge in [0.2, 0.25) is 0 Å². The second-order valence-corrected chi connectivity index (χ2v) is 4.61. The van der Waals surface area contributed by atoms with E-state index in [0.29, 0.717) is 0 Å². The second-order valence-electron chi connectivity index (χ2n) is 4.61. The minimum atomic E-state index is 0.812. The first-order valence-electron chi connectivity index (χ1n) is 6.56. The Kier molecular flexibility index (Phi) is 5.72. The molecule has 4 nitrogen and oxygen atoms in total. The van der Waals surface area contributed by atoms with Crippen molar-refractivity contribution in [3.63, 3.8) is 0 Å². The van der Waals surface area contributed by atoms with Gasteiger partial charge >= 0.3 is 0 Å². The largest absolute Gasteiger partial charge is 0.399 e. The van der Waals surface area contributed by atoms with Gasteiger partial charge in [-0.1, -0.05) is 12.1 Å². The van der Waals surface area contributed by atoms with Crippen molar-refractivity contribution >= 4 is 22.7 Å². The number of hydrogen-bond donors (Lipinski definition) is 4. The highest BCUT2D eigenvalue weighted by atomic mass is 14.9. The van der Waals surface area contributed by atoms with Crippen LogP contribution >= 0.6 is 0 Å². The average molecular weight is 272 g/mol. The molecule has 0 saturated carbocycles. The molecule has 4 heteroatoms. The molecule has 0 spiro atoms. The third-order valence-corrected chi connectivity index (χ3v) is 3.12. The summed E-state index contributed by atoms with van der Waals surface area (Å²) < 4.78 is 0. The number of aryl methyl sites for hydroxylation is 2. The molecule has 0 aliphatic carbocycles. The standard InChI is InChI=1S/2C8H12N2/c1-5-3-8(10)6(2)4-7(5)9;1-9-7-5-3-4-6-8(7)10-2/h3-4H,9-10H2,1-2H3;3-6,9-10H,1-2H3. The highest BCUT2D eigenvalue weighted by Crippen LogP contribution is 2.19. The Balaban J connectivity index is 0.000000200. The first-order valence-corrected chi connectivity index (χ1v) is 6.56. The molecule has 2 rings (SSSR count). The lowest BCUT2D eigenvalue weighted by atomic mass is 10.1. The topological polar surface area (TPSA) is 76.1 Å². The van der Waals surface area contributed by atoms with Crippen LogP contribution in [0.4, 0.5) is 22.7 Å². The Bertz CT molecular complexity index is 491. The minimum absolute atomic E-state index is 0.812. The summed E-state index contributed by atoms with van der Waals surface area (Å²) in [6.45, 7) is 3.90. The third kappa shape index (κ3) is 4.09. The van der Waals surface area contributed by atoms with Crippen LogP contribution < -0.4 is 22.1 Å². The SMILES string of the molecule is CNc1ccccc1NC.Cc1cc(N)c(C)cc1N. The van der Waals surface area contributed by atoms with E-state index in [9.17, 15) is 0 Å². The van der Waals surface area contributed by atoms with Crippen molar-refractivity contribution in [2.45, 2.75) is 13.8 Å². The molecule has 0 aliphatic rings. The zero-order valence-corrected chi connectivity index (χ0v) is 12.6. The van der Waals surface area contributed by atoms with Crippen LogP contribution in [0.1, 0.15) is 11.1 Å². The summed E-state index contributed by atoms with van der Waals surface area (Å²) in [5.74, 6) is 0. The maximum absolute atomic E-state index is 5.63. The predicted octanol–water partition coefficient (Wildman–Crippen LogP) is 3.24. The van der Waals surface area contributed by atoms with Gasteiger partial charge in [0.25, 0.3) is 0 Å². The molecular weight excluding hydrogens is 248 g/mol. The molecule has 6 N–H and O–H groups in total. The molecule has 0 bridgehead atoms. The molecule has 0 fully saturated rings. The number of nitrogens with one attached hydrogen (secondary N) is 2. The van der Waals surface area contributed by atoms with Gasteiger partial charge in [-0.25, -0.2) is 0 Å². The molecule has 0 aliphatic heterocycles. The Labute approximate surface area is 121 Å². The Hall–Kier alpha value is -2.36. The molecule has 2 aromatic rings. The van der Waals surface area contributed by atoms with Crippen LogP contribution in [0.3, 0.4) is 0 Å². The first kappa shape index (κ1) is 15.7. The van der Waals surface area contributed by atoms with E-state index in [1.54, 1.807) is 0 Å². The van der Waals surface area contributed by atoms with E-state index in [-0.39, 0.29) is 0 Å². The lowest BCUT2D eigenvalue weighted by molar-refractivity contribution is 1.40. The molecule has 108 valence electrons. The summed E-state index contributed by atoms with van der Waals surface area (Å²) in [7, 11) is 3.83. The van der Waals surface area contributed by atoms with Crippen LogP contribution in [-0.2, 0) is 0 Å². The fraction of sp³-hybridized carbons (Fsp3) is 0.250. The van der Waals surface area contributed by atoms with Gasteiger partial charge in [-0.05, 0) is 49.2 Å². The van der Waals surface area contributed by atoms with Gasteiger partial charge in [0.15, 0.2) is 0 Å². The highest BCUT2D eigenvalue weighted by Gasteiger charge is 1.96. The van der Waals surface area contributed by atoms with Crippen molar-refractivity contribution in [3.05, 3.63) is 47.5 Å². The number of anilines is 4. The van der Waals surface area contributed by atoms with Gasteiger partial charge in [-0.2, -0.15) is 0 Å². The van der Waals surface area contributed by atoms with Crippen LogP contribution in [0.15, 0.2) is 36.4 Å². The van der Waals surface area contributed by atoms with Crippen LogP contribution in [0, 0.1) is 13.8 Å². The summed E-state index contributed by atoms with van der Waals surface area (Å²) in [5, 5.41) is 6.17. The summed E-state index contributed by atoms with van der Waals surface area (Å²) in [5.41, 5.74) is 17.2. The average Bonchev–Trinajstić information content (AvgIpc) is 2.46. The molecule has 0 atom stereocenters. The minimum Gasteiger partial charge on any atom is -0.399 e. The van der Waals surface area contributed by atoms with Crippen molar-refractivity contribution in [1.82, 2.24) is 0 Å². The molecule has 0 unspecified atom stereocenters. The Morgan fingerprint density at radius 2 is 1.10 bits per heavy atom. The van der Waals surface area contributed by atoms with Gasteiger partial charge < -0.3 is 22.1 Å². The number of nitrogens with two attached hydrogens (primary N) is 2. The fourth-order valence-electron chi connectivity index (χ4n) is 1.78. The summed E-state index contributed by atoms with van der Waals surface area (Å²) in [6, 6.07) is 11.9. The van der Waals surface area contributed by atoms with Gasteiger partial charge in [-0.3, -0.25) is 0 Å². The molecule has 0 saturated heterocycles. The second kappa shape index (κ2) is 7.28. The number of hydrogen-bond acceptors (Lipinski definition) is 4. The Morgan fingerprint density at radius 1 is 0.750 bits per heavy atom. The van der Waals surface area contributed by atoms with E-state index in [4.69, 9.17) is 11.5 Å². The monoisotopic (exact) mass is 272 g/mol. The fourth-order valence-corrected chi connectivity index (χ4v) is 1.78. The number of para-hydroxylation sites is 2. The normalized spacial score (nSPS) is 9.40. The molecule has 20 heavy (non-hydrogen) atoms. The maximum Gasteiger partial charge on any atom is 0.0573 e. The van der Waals surface area contributed by atoms with Gasteiger partial charge in [0, 0.05) is 25.5 Å². The third-order valence-electron chi connectivity index (χ3n) is 3.12. The van der Waals surface area contributed by atoms with Gasteiger partial charge in [0.1, 0.15) is 0 Å². The predicted molar refractivity (Wildman–Crippen MR) is 90.3 cm³/mol. The van der Waals surface area contributed by atoms with E-state index in [0.717, 1.165) is 33.9 Å². The van der Waals surface area contributed by atoms with Gasteiger partial charge in [-0.15, -0.1) is 0 Å². The zero-order chi connectivity index (χ0) is 15.1. The lowest BCUT2D eigenvalue weighted by Gasteiger charge is -2.06. The number of benzene rings is 2. The molecule has 0 heterocycles. The van der Waals surface area contributed by atoms with E-state index in [1.165, 1.54) is 0 Å². The number of nitrogen functional groups attached to an aromatic ring is 2. The van der Waals surface area contributed by atoms with Crippen LogP contribution in [-0.4, -0.2) is 14.1 Å². The smallest absolute Gasteiger partial charge is 0.0573 e. The summed E-state index contributed by atoms with van der Waals surface area (Å²) in [6.07, 6.45) is 0. The lowest BCUT2D eigenvalue weighted by Crippen LogP contribution is -1.95. The first-order chi connectivity index (χ1) is 9.49. The van der Waals surface area contributed by atoms with E-state index < -0.39 is 0 Å². The van der Waals surface area contributed by atoms with Crippen LogP contribution in [0.2, 0.25) is 0 Å². The van der Waals surface area contributed by atoms with Crippen molar-refractivity contribution in [3.8, 4) is 0 Å². The number of rotatable bonds is 2. The highest BCUT2D eigenvalue weighted by molar-refractivity contribution is 5.67. The molecule has 0 aromatic heterocycles. The van der Waals surface area contributed by atoms with Crippen molar-refractivity contribution in [1.29, 1.82) is 0 Å². The van der Waals surface area contributed by atoms with E-state index >= 15 is 0 Å². The maximum atomic E-state index is 5.63. The quantitative estimate of drug-likeness (QED) is 0.633. The Morgan fingerprint density at radius 3 is 1.40 bits per heavy atom. The van der Waals surface area contributed by atoms with Crippen molar-refractivity contribution in [2.24, 2.45) is 0 Å². The molecule has 2 aromatic carbocycles. The van der Waals surface area contributed by atoms with Crippen LogP contribution in [0.5, 0.6) is 0 Å². The van der Waals surface area contributed by atoms with Crippen LogP contribution in [0.25, 0.3) is 0 Å².